The average Bonchev–Trinajstić information content (AvgIpc) is 3.23. The van der Waals surface area contributed by atoms with Gasteiger partial charge in [-0.15, -0.1) is 0 Å². The molecule has 3 nitrogen and oxygen atoms in total. The van der Waals surface area contributed by atoms with Crippen molar-refractivity contribution in [2.45, 2.75) is 25.7 Å². The lowest BCUT2D eigenvalue weighted by molar-refractivity contribution is -0.129. The molecule has 0 bridgehead atoms. The Morgan fingerprint density at radius 2 is 1.67 bits per heavy atom. The number of nitrogens with zero attached hydrogens (tertiary/aromatic N) is 2. The van der Waals surface area contributed by atoms with E-state index in [0.29, 0.717) is 0 Å². The van der Waals surface area contributed by atoms with E-state index in [1.165, 1.54) is 24.1 Å². The number of rotatable bonds is 2. The number of carbonyl (C=O) groups excluding carboxylic acids is 1. The van der Waals surface area contributed by atoms with Crippen LogP contribution in [0.2, 0.25) is 0 Å². The van der Waals surface area contributed by atoms with E-state index in [1.807, 2.05) is 4.90 Å². The second-order valence-corrected chi connectivity index (χ2v) is 5.36. The summed E-state index contributed by atoms with van der Waals surface area (Å²) in [6, 6.07) is 9.00. The van der Waals surface area contributed by atoms with Crippen LogP contribution in [0.5, 0.6) is 0 Å². The van der Waals surface area contributed by atoms with Gasteiger partial charge in [0.05, 0.1) is 0 Å². The van der Waals surface area contributed by atoms with Crippen LogP contribution in [0.3, 0.4) is 0 Å². The van der Waals surface area contributed by atoms with E-state index in [0.717, 1.165) is 32.1 Å². The molecule has 0 N–H and O–H groups in total. The van der Waals surface area contributed by atoms with Gasteiger partial charge < -0.3 is 9.80 Å². The minimum Gasteiger partial charge on any atom is -0.368 e. The zero-order valence-corrected chi connectivity index (χ0v) is 10.9. The standard InChI is InChI=1S/C15H20N2O/c1-12(18)16-8-10-17(11-9-16)15-6-4-14(5-7-15)13-2-3-13/h4-7,13H,2-3,8-11H2,1H3. The van der Waals surface area contributed by atoms with Gasteiger partial charge in [-0.3, -0.25) is 4.79 Å². The maximum Gasteiger partial charge on any atom is 0.219 e. The highest BCUT2D eigenvalue weighted by atomic mass is 16.2. The van der Waals surface area contributed by atoms with Gasteiger partial charge in [0.15, 0.2) is 0 Å². The van der Waals surface area contributed by atoms with Crippen molar-refractivity contribution in [2.24, 2.45) is 0 Å². The molecule has 3 rings (SSSR count). The molecule has 1 saturated heterocycles. The molecule has 0 atom stereocenters. The Labute approximate surface area is 108 Å². The largest absolute Gasteiger partial charge is 0.368 e. The van der Waals surface area contributed by atoms with Gasteiger partial charge in [-0.2, -0.15) is 0 Å². The van der Waals surface area contributed by atoms with E-state index in [2.05, 4.69) is 29.2 Å². The van der Waals surface area contributed by atoms with E-state index in [9.17, 15) is 4.79 Å². The first-order valence-electron chi connectivity index (χ1n) is 6.84. The van der Waals surface area contributed by atoms with Crippen molar-refractivity contribution in [2.75, 3.05) is 31.1 Å². The molecule has 0 spiro atoms. The number of hydrogen-bond acceptors (Lipinski definition) is 2. The quantitative estimate of drug-likeness (QED) is 0.796. The first-order chi connectivity index (χ1) is 8.74. The molecule has 0 unspecified atom stereocenters. The molecule has 2 fully saturated rings. The third-order valence-electron chi connectivity index (χ3n) is 4.03. The van der Waals surface area contributed by atoms with Gasteiger partial charge in [0.1, 0.15) is 0 Å². The van der Waals surface area contributed by atoms with Gasteiger partial charge in [0, 0.05) is 38.8 Å². The molecular weight excluding hydrogens is 224 g/mol. The van der Waals surface area contributed by atoms with Crippen LogP contribution in [-0.4, -0.2) is 37.0 Å². The second-order valence-electron chi connectivity index (χ2n) is 5.36. The summed E-state index contributed by atoms with van der Waals surface area (Å²) in [7, 11) is 0. The molecule has 18 heavy (non-hydrogen) atoms. The Morgan fingerprint density at radius 1 is 1.06 bits per heavy atom. The van der Waals surface area contributed by atoms with E-state index >= 15 is 0 Å². The summed E-state index contributed by atoms with van der Waals surface area (Å²) in [6.07, 6.45) is 2.72. The summed E-state index contributed by atoms with van der Waals surface area (Å²) in [4.78, 5) is 15.6. The minimum atomic E-state index is 0.193. The zero-order valence-electron chi connectivity index (χ0n) is 10.9. The maximum atomic E-state index is 11.3. The Balaban J connectivity index is 1.63. The predicted octanol–water partition coefficient (Wildman–Crippen LogP) is 2.23. The van der Waals surface area contributed by atoms with Crippen LogP contribution in [-0.2, 0) is 4.79 Å². The monoisotopic (exact) mass is 244 g/mol. The second kappa shape index (κ2) is 4.63. The highest BCUT2D eigenvalue weighted by Crippen LogP contribution is 2.40. The summed E-state index contributed by atoms with van der Waals surface area (Å²) in [5.74, 6) is 1.02. The van der Waals surface area contributed by atoms with Crippen molar-refractivity contribution in [3.05, 3.63) is 29.8 Å². The Morgan fingerprint density at radius 3 is 2.17 bits per heavy atom. The Kier molecular flexibility index (Phi) is 2.98. The minimum absolute atomic E-state index is 0.193. The van der Waals surface area contributed by atoms with Gasteiger partial charge in [0.2, 0.25) is 5.91 Å². The van der Waals surface area contributed by atoms with E-state index in [1.54, 1.807) is 6.92 Å². The van der Waals surface area contributed by atoms with Gasteiger partial charge in [0.25, 0.3) is 0 Å². The van der Waals surface area contributed by atoms with Crippen LogP contribution >= 0.6 is 0 Å². The topological polar surface area (TPSA) is 23.6 Å². The van der Waals surface area contributed by atoms with Crippen molar-refractivity contribution >= 4 is 11.6 Å². The van der Waals surface area contributed by atoms with Crippen molar-refractivity contribution in [1.29, 1.82) is 0 Å². The molecule has 1 aliphatic heterocycles. The number of benzene rings is 1. The molecular formula is C15H20N2O. The summed E-state index contributed by atoms with van der Waals surface area (Å²) in [5, 5.41) is 0. The molecule has 1 aliphatic carbocycles. The maximum absolute atomic E-state index is 11.3. The first-order valence-corrected chi connectivity index (χ1v) is 6.84. The van der Waals surface area contributed by atoms with E-state index in [4.69, 9.17) is 0 Å². The van der Waals surface area contributed by atoms with Crippen molar-refractivity contribution in [1.82, 2.24) is 4.90 Å². The number of carbonyl (C=O) groups is 1. The van der Waals surface area contributed by atoms with Crippen LogP contribution in [0.4, 0.5) is 5.69 Å². The Bertz CT molecular complexity index is 428. The highest BCUT2D eigenvalue weighted by Gasteiger charge is 2.24. The fourth-order valence-corrected chi connectivity index (χ4v) is 2.65. The average molecular weight is 244 g/mol. The molecule has 1 heterocycles. The Hall–Kier alpha value is -1.51. The molecule has 1 aromatic rings. The lowest BCUT2D eigenvalue weighted by Gasteiger charge is -2.35. The lowest BCUT2D eigenvalue weighted by Crippen LogP contribution is -2.48. The van der Waals surface area contributed by atoms with Gasteiger partial charge >= 0.3 is 0 Å². The smallest absolute Gasteiger partial charge is 0.219 e. The summed E-state index contributed by atoms with van der Waals surface area (Å²) >= 11 is 0. The van der Waals surface area contributed by atoms with Crippen molar-refractivity contribution < 1.29 is 4.79 Å². The molecule has 0 radical (unpaired) electrons. The van der Waals surface area contributed by atoms with E-state index < -0.39 is 0 Å². The molecule has 96 valence electrons. The van der Waals surface area contributed by atoms with Gasteiger partial charge in [-0.05, 0) is 36.5 Å². The summed E-state index contributed by atoms with van der Waals surface area (Å²) in [5.41, 5.74) is 2.78. The fourth-order valence-electron chi connectivity index (χ4n) is 2.65. The molecule has 3 heteroatoms. The summed E-state index contributed by atoms with van der Waals surface area (Å²) in [6.45, 7) is 5.24. The van der Waals surface area contributed by atoms with Crippen LogP contribution in [0.25, 0.3) is 0 Å². The highest BCUT2D eigenvalue weighted by molar-refractivity contribution is 5.73. The van der Waals surface area contributed by atoms with Gasteiger partial charge in [-0.25, -0.2) is 0 Å². The normalized spacial score (nSPS) is 20.1. The SMILES string of the molecule is CC(=O)N1CCN(c2ccc(C3CC3)cc2)CC1. The van der Waals surface area contributed by atoms with Gasteiger partial charge in [-0.1, -0.05) is 12.1 Å². The van der Waals surface area contributed by atoms with Crippen LogP contribution in [0, 0.1) is 0 Å². The number of piperazine rings is 1. The third kappa shape index (κ3) is 2.35. The molecule has 2 aliphatic rings. The zero-order chi connectivity index (χ0) is 12.5. The lowest BCUT2D eigenvalue weighted by atomic mass is 10.1. The number of anilines is 1. The van der Waals surface area contributed by atoms with E-state index in [-0.39, 0.29) is 5.91 Å². The molecule has 1 saturated carbocycles. The molecule has 1 aromatic carbocycles. The predicted molar refractivity (Wildman–Crippen MR) is 72.9 cm³/mol. The summed E-state index contributed by atoms with van der Waals surface area (Å²) < 4.78 is 0. The first kappa shape index (κ1) is 11.6. The number of hydrogen-bond donors (Lipinski definition) is 0. The number of amides is 1. The van der Waals surface area contributed by atoms with Crippen LogP contribution in [0.1, 0.15) is 31.2 Å². The van der Waals surface area contributed by atoms with Crippen molar-refractivity contribution in [3.63, 3.8) is 0 Å². The molecule has 1 amide bonds. The van der Waals surface area contributed by atoms with Crippen molar-refractivity contribution in [3.8, 4) is 0 Å². The van der Waals surface area contributed by atoms with Crippen LogP contribution < -0.4 is 4.90 Å². The third-order valence-corrected chi connectivity index (χ3v) is 4.03. The fraction of sp³-hybridized carbons (Fsp3) is 0.533. The van der Waals surface area contributed by atoms with Crippen LogP contribution in [0.15, 0.2) is 24.3 Å². The molecule has 0 aromatic heterocycles.